The highest BCUT2D eigenvalue weighted by Gasteiger charge is 2.26. The number of fused-ring (bicyclic) bond motifs is 1. The Bertz CT molecular complexity index is 686. The zero-order valence-electron chi connectivity index (χ0n) is 10.6. The third-order valence-corrected chi connectivity index (χ3v) is 4.14. The second kappa shape index (κ2) is 5.68. The van der Waals surface area contributed by atoms with Crippen LogP contribution in [0.3, 0.4) is 0 Å². The number of sulfonamides is 1. The molecule has 0 fully saturated rings. The van der Waals surface area contributed by atoms with E-state index in [0.29, 0.717) is 5.75 Å². The summed E-state index contributed by atoms with van der Waals surface area (Å²) in [5.74, 6) is -1.62. The maximum atomic E-state index is 12.0. The van der Waals surface area contributed by atoms with Crippen LogP contribution in [0.5, 0.6) is 5.75 Å². The fourth-order valence-electron chi connectivity index (χ4n) is 1.65. The highest BCUT2D eigenvalue weighted by Crippen LogP contribution is 2.30. The summed E-state index contributed by atoms with van der Waals surface area (Å²) in [5, 5.41) is 20.0. The van der Waals surface area contributed by atoms with Gasteiger partial charge in [-0.1, -0.05) is 0 Å². The molecule has 0 aromatic heterocycles. The van der Waals surface area contributed by atoms with Crippen LogP contribution in [0.4, 0.5) is 5.69 Å². The minimum absolute atomic E-state index is 0.164. The number of carbonyl (C=O) groups excluding carboxylic acids is 1. The summed E-state index contributed by atoms with van der Waals surface area (Å²) < 4.78 is 31.0. The Balaban J connectivity index is 2.30. The van der Waals surface area contributed by atoms with E-state index in [1.165, 1.54) is 12.1 Å². The van der Waals surface area contributed by atoms with E-state index in [9.17, 15) is 18.0 Å². The number of carbonyl (C=O) groups is 2. The first-order valence-electron chi connectivity index (χ1n) is 5.76. The SMILES string of the molecule is O=C1COc2ccc(S(=O)(=O)N[C@H](CO)C(=O)O)cc2N1. The van der Waals surface area contributed by atoms with Crippen molar-refractivity contribution in [1.29, 1.82) is 0 Å². The number of carboxylic acid groups (broad SMARTS) is 1. The van der Waals surface area contributed by atoms with Crippen LogP contribution >= 0.6 is 0 Å². The van der Waals surface area contributed by atoms with Crippen LogP contribution in [-0.2, 0) is 19.6 Å². The Hall–Kier alpha value is -2.17. The second-order valence-corrected chi connectivity index (χ2v) is 5.90. The van der Waals surface area contributed by atoms with Crippen LogP contribution in [0.25, 0.3) is 0 Å². The average molecular weight is 316 g/mol. The molecule has 0 unspecified atom stereocenters. The summed E-state index contributed by atoms with van der Waals surface area (Å²) in [5.41, 5.74) is 0.171. The number of anilines is 1. The third kappa shape index (κ3) is 3.29. The molecular weight excluding hydrogens is 304 g/mol. The van der Waals surface area contributed by atoms with Gasteiger partial charge in [0.05, 0.1) is 17.2 Å². The molecule has 0 bridgehead atoms. The molecule has 1 heterocycles. The average Bonchev–Trinajstić information content (AvgIpc) is 2.43. The molecule has 0 saturated heterocycles. The van der Waals surface area contributed by atoms with Crippen molar-refractivity contribution in [3.05, 3.63) is 18.2 Å². The van der Waals surface area contributed by atoms with E-state index in [4.69, 9.17) is 14.9 Å². The molecule has 1 aromatic carbocycles. The summed E-state index contributed by atoms with van der Waals surface area (Å²) in [6.07, 6.45) is 0. The lowest BCUT2D eigenvalue weighted by Gasteiger charge is -2.19. The Morgan fingerprint density at radius 3 is 2.81 bits per heavy atom. The van der Waals surface area contributed by atoms with Crippen molar-refractivity contribution >= 4 is 27.6 Å². The van der Waals surface area contributed by atoms with Crippen molar-refractivity contribution in [2.45, 2.75) is 10.9 Å². The lowest BCUT2D eigenvalue weighted by Crippen LogP contribution is -2.43. The summed E-state index contributed by atoms with van der Waals surface area (Å²) in [6.45, 7) is -1.05. The van der Waals surface area contributed by atoms with Gasteiger partial charge < -0.3 is 20.3 Å². The van der Waals surface area contributed by atoms with E-state index in [2.05, 4.69) is 5.32 Å². The molecule has 1 aromatic rings. The van der Waals surface area contributed by atoms with Gasteiger partial charge in [-0.3, -0.25) is 9.59 Å². The minimum Gasteiger partial charge on any atom is -0.482 e. The van der Waals surface area contributed by atoms with Gasteiger partial charge in [-0.2, -0.15) is 4.72 Å². The van der Waals surface area contributed by atoms with E-state index in [1.54, 1.807) is 0 Å². The molecule has 1 aliphatic heterocycles. The third-order valence-electron chi connectivity index (χ3n) is 2.67. The highest BCUT2D eigenvalue weighted by molar-refractivity contribution is 7.89. The molecule has 0 aliphatic carbocycles. The molecular formula is C11H12N2O7S. The van der Waals surface area contributed by atoms with Crippen LogP contribution in [0, 0.1) is 0 Å². The predicted octanol–water partition coefficient (Wildman–Crippen LogP) is -1.26. The maximum Gasteiger partial charge on any atom is 0.324 e. The molecule has 114 valence electrons. The number of ether oxygens (including phenoxy) is 1. The quantitative estimate of drug-likeness (QED) is 0.531. The fourth-order valence-corrected chi connectivity index (χ4v) is 2.86. The molecule has 0 spiro atoms. The lowest BCUT2D eigenvalue weighted by molar-refractivity contribution is -0.139. The van der Waals surface area contributed by atoms with Crippen molar-refractivity contribution in [3.63, 3.8) is 0 Å². The van der Waals surface area contributed by atoms with Gasteiger partial charge in [-0.15, -0.1) is 0 Å². The van der Waals surface area contributed by atoms with Gasteiger partial charge >= 0.3 is 5.97 Å². The van der Waals surface area contributed by atoms with Crippen molar-refractivity contribution < 1.29 is 33.0 Å². The normalized spacial score (nSPS) is 15.6. The van der Waals surface area contributed by atoms with Crippen molar-refractivity contribution in [2.75, 3.05) is 18.5 Å². The number of hydrogen-bond acceptors (Lipinski definition) is 6. The molecule has 0 radical (unpaired) electrons. The zero-order valence-corrected chi connectivity index (χ0v) is 11.4. The lowest BCUT2D eigenvalue weighted by atomic mass is 10.2. The first-order chi connectivity index (χ1) is 9.83. The molecule has 1 amide bonds. The Kier molecular flexibility index (Phi) is 4.11. The zero-order chi connectivity index (χ0) is 15.6. The van der Waals surface area contributed by atoms with E-state index in [-0.39, 0.29) is 17.2 Å². The van der Waals surface area contributed by atoms with Crippen LogP contribution in [0.2, 0.25) is 0 Å². The number of carboxylic acids is 1. The number of nitrogens with one attached hydrogen (secondary N) is 2. The minimum atomic E-state index is -4.17. The number of aliphatic hydroxyl groups is 1. The largest absolute Gasteiger partial charge is 0.482 e. The smallest absolute Gasteiger partial charge is 0.324 e. The number of aliphatic hydroxyl groups excluding tert-OH is 1. The number of rotatable bonds is 5. The molecule has 4 N–H and O–H groups in total. The number of amides is 1. The molecule has 0 saturated carbocycles. The fraction of sp³-hybridized carbons (Fsp3) is 0.273. The summed E-state index contributed by atoms with van der Waals surface area (Å²) in [7, 11) is -4.17. The number of hydrogen-bond donors (Lipinski definition) is 4. The Morgan fingerprint density at radius 1 is 1.48 bits per heavy atom. The van der Waals surface area contributed by atoms with Gasteiger partial charge in [0.15, 0.2) is 6.61 Å². The topological polar surface area (TPSA) is 142 Å². The van der Waals surface area contributed by atoms with E-state index >= 15 is 0 Å². The van der Waals surface area contributed by atoms with Gasteiger partial charge in [0, 0.05) is 0 Å². The second-order valence-electron chi connectivity index (χ2n) is 4.19. The van der Waals surface area contributed by atoms with Crippen molar-refractivity contribution in [1.82, 2.24) is 4.72 Å². The summed E-state index contributed by atoms with van der Waals surface area (Å²) in [6, 6.07) is 2.04. The first kappa shape index (κ1) is 15.2. The van der Waals surface area contributed by atoms with Crippen LogP contribution in [-0.4, -0.2) is 49.8 Å². The summed E-state index contributed by atoms with van der Waals surface area (Å²) in [4.78, 5) is 21.7. The molecule has 21 heavy (non-hydrogen) atoms. The number of aliphatic carboxylic acids is 1. The maximum absolute atomic E-state index is 12.0. The molecule has 1 atom stereocenters. The summed E-state index contributed by atoms with van der Waals surface area (Å²) >= 11 is 0. The van der Waals surface area contributed by atoms with Gasteiger partial charge in [-0.25, -0.2) is 8.42 Å². The van der Waals surface area contributed by atoms with E-state index in [1.807, 2.05) is 4.72 Å². The van der Waals surface area contributed by atoms with E-state index < -0.39 is 34.5 Å². The highest BCUT2D eigenvalue weighted by atomic mass is 32.2. The predicted molar refractivity (Wildman–Crippen MR) is 69.4 cm³/mol. The van der Waals surface area contributed by atoms with Crippen LogP contribution in [0.15, 0.2) is 23.1 Å². The molecule has 9 nitrogen and oxygen atoms in total. The monoisotopic (exact) mass is 316 g/mol. The molecule has 10 heteroatoms. The molecule has 1 aliphatic rings. The Morgan fingerprint density at radius 2 is 2.19 bits per heavy atom. The molecule has 2 rings (SSSR count). The van der Waals surface area contributed by atoms with Crippen molar-refractivity contribution in [3.8, 4) is 5.75 Å². The standard InChI is InChI=1S/C11H12N2O7S/c14-4-8(11(16)17)13-21(18,19)6-1-2-9-7(3-6)12-10(15)5-20-9/h1-3,8,13-14H,4-5H2,(H,12,15)(H,16,17)/t8-/m1/s1. The van der Waals surface area contributed by atoms with Gasteiger partial charge in [0.1, 0.15) is 11.8 Å². The van der Waals surface area contributed by atoms with Crippen molar-refractivity contribution in [2.24, 2.45) is 0 Å². The van der Waals surface area contributed by atoms with E-state index in [0.717, 1.165) is 6.07 Å². The van der Waals surface area contributed by atoms with Gasteiger partial charge in [-0.05, 0) is 18.2 Å². The van der Waals surface area contributed by atoms with Gasteiger partial charge in [0.2, 0.25) is 10.0 Å². The van der Waals surface area contributed by atoms with Crippen LogP contribution in [0.1, 0.15) is 0 Å². The van der Waals surface area contributed by atoms with Crippen LogP contribution < -0.4 is 14.8 Å². The Labute approximate surface area is 119 Å². The number of benzene rings is 1. The van der Waals surface area contributed by atoms with Gasteiger partial charge in [0.25, 0.3) is 5.91 Å². The first-order valence-corrected chi connectivity index (χ1v) is 7.24.